The number of nitrogens with one attached hydrogen (secondary N) is 2. The Bertz CT molecular complexity index is 423. The van der Waals surface area contributed by atoms with Gasteiger partial charge in [0.05, 0.1) is 42.3 Å². The maximum Gasteiger partial charge on any atom is 0.327 e. The smallest absolute Gasteiger partial charge is 0.327 e. The van der Waals surface area contributed by atoms with Gasteiger partial charge in [0.2, 0.25) is 0 Å². The number of halogens is 2. The van der Waals surface area contributed by atoms with E-state index in [1.165, 1.54) is 0 Å². The Labute approximate surface area is 156 Å². The molecule has 1 aromatic carbocycles. The Morgan fingerprint density at radius 1 is 0.800 bits per heavy atom. The highest BCUT2D eigenvalue weighted by molar-refractivity contribution is 7.67. The average Bonchev–Trinajstić information content (AvgIpc) is 2.13. The third-order valence-electron chi connectivity index (χ3n) is 2.00. The normalized spacial score (nSPS) is 12.3. The van der Waals surface area contributed by atoms with Crippen molar-refractivity contribution in [2.75, 3.05) is 42.3 Å². The third-order valence-corrected chi connectivity index (χ3v) is 4.79. The van der Waals surface area contributed by atoms with Gasteiger partial charge in [-0.15, -0.1) is 0 Å². The molecule has 0 atom stereocenters. The molecule has 0 aromatic heterocycles. The van der Waals surface area contributed by atoms with Gasteiger partial charge in [0, 0.05) is 5.30 Å². The van der Waals surface area contributed by atoms with E-state index in [9.17, 15) is 4.57 Å². The second-order valence-electron chi connectivity index (χ2n) is 6.17. The van der Waals surface area contributed by atoms with Gasteiger partial charge in [0.25, 0.3) is 0 Å². The van der Waals surface area contributed by atoms with Crippen molar-refractivity contribution >= 4 is 12.7 Å². The molecule has 5 nitrogen and oxygen atoms in total. The summed E-state index contributed by atoms with van der Waals surface area (Å²) < 4.78 is 14.0. The number of hydrogen-bond acceptors (Lipinski definition) is 1. The van der Waals surface area contributed by atoms with Crippen molar-refractivity contribution in [2.45, 2.75) is 0 Å². The van der Waals surface area contributed by atoms with Crippen LogP contribution in [0.1, 0.15) is 0 Å². The van der Waals surface area contributed by atoms with Crippen LogP contribution in [-0.2, 0) is 4.57 Å². The van der Waals surface area contributed by atoms with Crippen LogP contribution in [0.15, 0.2) is 30.3 Å². The van der Waals surface area contributed by atoms with Crippen LogP contribution in [0.3, 0.4) is 0 Å². The van der Waals surface area contributed by atoms with Crippen LogP contribution in [0, 0.1) is 0 Å². The van der Waals surface area contributed by atoms with E-state index in [0.717, 1.165) is 5.30 Å². The van der Waals surface area contributed by atoms with Crippen LogP contribution in [0.5, 0.6) is 0 Å². The van der Waals surface area contributed by atoms with E-state index in [-0.39, 0.29) is 48.0 Å². The first-order valence-electron chi connectivity index (χ1n) is 5.89. The van der Waals surface area contributed by atoms with Crippen molar-refractivity contribution < 1.29 is 61.7 Å². The molecule has 0 fully saturated rings. The van der Waals surface area contributed by atoms with Crippen LogP contribution in [-0.4, -0.2) is 51.5 Å². The second kappa shape index (κ2) is 8.40. The molecule has 8 heteroatoms. The highest BCUT2D eigenvalue weighted by Crippen LogP contribution is 2.36. The van der Waals surface area contributed by atoms with E-state index in [1.807, 2.05) is 72.6 Å². The Hall–Kier alpha value is 0.750. The molecular formula is C12H25I2N4OP. The molecule has 118 valence electrons. The minimum atomic E-state index is -2.87. The highest BCUT2D eigenvalue weighted by atomic mass is 127. The molecule has 0 amide bonds. The minimum Gasteiger partial charge on any atom is -1.00 e. The fraction of sp³-hybridized carbons (Fsp3) is 0.500. The van der Waals surface area contributed by atoms with Crippen LogP contribution < -0.4 is 63.7 Å². The summed E-state index contributed by atoms with van der Waals surface area (Å²) in [4.78, 5) is 0. The molecule has 0 bridgehead atoms. The molecule has 0 saturated heterocycles. The first kappa shape index (κ1) is 23.0. The topological polar surface area (TPSA) is 41.1 Å². The average molecular weight is 526 g/mol. The lowest BCUT2D eigenvalue weighted by atomic mass is 10.4. The molecule has 0 aliphatic heterocycles. The molecule has 20 heavy (non-hydrogen) atoms. The molecular weight excluding hydrogens is 501 g/mol. The SMILES string of the molecule is C[N+](C)(C)NP(=O)(N[N+](C)(C)C)c1ccccc1.[I-].[I-]. The summed E-state index contributed by atoms with van der Waals surface area (Å²) in [5, 5.41) is 7.13. The molecule has 0 unspecified atom stereocenters. The molecule has 0 heterocycles. The Balaban J connectivity index is 0. The largest absolute Gasteiger partial charge is 1.00 e. The summed E-state index contributed by atoms with van der Waals surface area (Å²) in [6.07, 6.45) is 0. The molecule has 0 aliphatic rings. The Morgan fingerprint density at radius 2 is 1.15 bits per heavy atom. The number of hydrogen-bond donors (Lipinski definition) is 2. The van der Waals surface area contributed by atoms with Crippen LogP contribution >= 0.6 is 7.44 Å². The third kappa shape index (κ3) is 8.26. The molecule has 0 aliphatic carbocycles. The van der Waals surface area contributed by atoms with Gasteiger partial charge >= 0.3 is 7.44 Å². The zero-order valence-electron chi connectivity index (χ0n) is 12.9. The Morgan fingerprint density at radius 3 is 1.45 bits per heavy atom. The maximum absolute atomic E-state index is 13.2. The molecule has 0 radical (unpaired) electrons. The summed E-state index contributed by atoms with van der Waals surface area (Å²) in [5.41, 5.74) is 0. The summed E-state index contributed by atoms with van der Waals surface area (Å²) in [7, 11) is 8.84. The van der Waals surface area contributed by atoms with Crippen molar-refractivity contribution in [3.8, 4) is 0 Å². The van der Waals surface area contributed by atoms with Crippen molar-refractivity contribution in [1.82, 2.24) is 10.4 Å². The fourth-order valence-corrected chi connectivity index (χ4v) is 4.18. The summed E-state index contributed by atoms with van der Waals surface area (Å²) >= 11 is 0. The summed E-state index contributed by atoms with van der Waals surface area (Å²) in [6.45, 7) is 0. The van der Waals surface area contributed by atoms with Crippen molar-refractivity contribution in [3.63, 3.8) is 0 Å². The number of benzene rings is 1. The van der Waals surface area contributed by atoms with Gasteiger partial charge in [-0.1, -0.05) is 28.6 Å². The van der Waals surface area contributed by atoms with E-state index in [4.69, 9.17) is 0 Å². The van der Waals surface area contributed by atoms with Crippen molar-refractivity contribution in [1.29, 1.82) is 0 Å². The second-order valence-corrected chi connectivity index (χ2v) is 8.30. The standard InChI is InChI=1S/C12H25N4OP.2HI/c1-15(2,3)13-18(17,14-16(4,5)6)12-10-8-7-9-11-12;;/h7-11H,1-6H3,(H2,13,14,17);2*1H/q+2;;/p-2. The zero-order valence-corrected chi connectivity index (χ0v) is 18.1. The van der Waals surface area contributed by atoms with E-state index in [0.29, 0.717) is 9.18 Å². The molecule has 0 spiro atoms. The van der Waals surface area contributed by atoms with Crippen LogP contribution in [0.2, 0.25) is 0 Å². The van der Waals surface area contributed by atoms with Crippen molar-refractivity contribution in [3.05, 3.63) is 30.3 Å². The summed E-state index contributed by atoms with van der Waals surface area (Å²) in [5.74, 6) is 0. The number of rotatable bonds is 5. The quantitative estimate of drug-likeness (QED) is 0.175. The fourth-order valence-electron chi connectivity index (χ4n) is 1.62. The van der Waals surface area contributed by atoms with Gasteiger partial charge in [-0.2, -0.15) is 0 Å². The molecule has 1 rings (SSSR count). The van der Waals surface area contributed by atoms with Gasteiger partial charge in [-0.25, -0.2) is 9.18 Å². The number of quaternary nitrogens is 2. The first-order valence-corrected chi connectivity index (χ1v) is 7.60. The van der Waals surface area contributed by atoms with Gasteiger partial charge in [0.1, 0.15) is 0 Å². The van der Waals surface area contributed by atoms with E-state index < -0.39 is 7.44 Å². The predicted molar refractivity (Wildman–Crippen MR) is 76.0 cm³/mol. The highest BCUT2D eigenvalue weighted by Gasteiger charge is 2.35. The first-order chi connectivity index (χ1) is 8.02. The predicted octanol–water partition coefficient (Wildman–Crippen LogP) is -5.07. The van der Waals surface area contributed by atoms with Gasteiger partial charge in [0.15, 0.2) is 0 Å². The van der Waals surface area contributed by atoms with Crippen LogP contribution in [0.4, 0.5) is 0 Å². The molecule has 1 aromatic rings. The van der Waals surface area contributed by atoms with Gasteiger partial charge in [-0.05, 0) is 12.1 Å². The van der Waals surface area contributed by atoms with E-state index >= 15 is 0 Å². The lowest BCUT2D eigenvalue weighted by Gasteiger charge is -2.34. The Kier molecular flexibility index (Phi) is 9.67. The van der Waals surface area contributed by atoms with Crippen LogP contribution in [0.25, 0.3) is 0 Å². The summed E-state index contributed by atoms with van der Waals surface area (Å²) in [6, 6.07) is 9.48. The molecule has 0 saturated carbocycles. The van der Waals surface area contributed by atoms with Gasteiger partial charge < -0.3 is 48.0 Å². The zero-order chi connectivity index (χ0) is 14.0. The van der Waals surface area contributed by atoms with Crippen molar-refractivity contribution in [2.24, 2.45) is 0 Å². The van der Waals surface area contributed by atoms with E-state index in [2.05, 4.69) is 10.4 Å². The lowest BCUT2D eigenvalue weighted by molar-refractivity contribution is -0.913. The monoisotopic (exact) mass is 526 g/mol. The lowest BCUT2D eigenvalue weighted by Crippen LogP contribution is -3.00. The number of nitrogens with zero attached hydrogens (tertiary/aromatic N) is 2. The minimum absolute atomic E-state index is 0. The maximum atomic E-state index is 13.2. The molecule has 2 N–H and O–H groups in total. The van der Waals surface area contributed by atoms with Gasteiger partial charge in [-0.3, -0.25) is 4.57 Å². The van der Waals surface area contributed by atoms with E-state index in [1.54, 1.807) is 0 Å².